The average Bonchev–Trinajstić information content (AvgIpc) is 2.00. The second-order valence-electron chi connectivity index (χ2n) is 2.92. The predicted molar refractivity (Wildman–Crippen MR) is 49.4 cm³/mol. The first kappa shape index (κ1) is 7.93. The van der Waals surface area contributed by atoms with Crippen molar-refractivity contribution in [2.75, 3.05) is 0 Å². The maximum atomic E-state index is 5.73. The third kappa shape index (κ3) is 1.72. The normalized spacial score (nSPS) is 17.1. The van der Waals surface area contributed by atoms with Gasteiger partial charge in [-0.15, -0.1) is 0 Å². The molecule has 0 spiro atoms. The summed E-state index contributed by atoms with van der Waals surface area (Å²) in [6, 6.07) is 7.48. The van der Waals surface area contributed by atoms with Crippen LogP contribution in [0.2, 0.25) is 5.02 Å². The Kier molecular flexibility index (Phi) is 2.22. The van der Waals surface area contributed by atoms with Crippen LogP contribution in [-0.4, -0.2) is 6.10 Å². The Morgan fingerprint density at radius 3 is 2.42 bits per heavy atom. The summed E-state index contributed by atoms with van der Waals surface area (Å²) in [7, 11) is 0. The van der Waals surface area contributed by atoms with Crippen molar-refractivity contribution >= 4 is 11.6 Å². The number of ether oxygens (including phenoxy) is 1. The number of benzene rings is 1. The molecule has 0 heterocycles. The fraction of sp³-hybridized carbons (Fsp3) is 0.300. The zero-order valence-corrected chi connectivity index (χ0v) is 7.42. The topological polar surface area (TPSA) is 9.23 Å². The van der Waals surface area contributed by atoms with Crippen LogP contribution in [0.4, 0.5) is 0 Å². The van der Waals surface area contributed by atoms with Gasteiger partial charge in [-0.3, -0.25) is 0 Å². The van der Waals surface area contributed by atoms with Gasteiger partial charge in [0.1, 0.15) is 11.9 Å². The summed E-state index contributed by atoms with van der Waals surface area (Å²) in [6.07, 6.45) is 4.82. The zero-order valence-electron chi connectivity index (χ0n) is 6.66. The quantitative estimate of drug-likeness (QED) is 0.682. The first-order valence-corrected chi connectivity index (χ1v) is 4.48. The molecular formula is C10H10ClO. The number of rotatable bonds is 2. The van der Waals surface area contributed by atoms with Crippen LogP contribution in [0.15, 0.2) is 24.3 Å². The first-order valence-electron chi connectivity index (χ1n) is 4.10. The van der Waals surface area contributed by atoms with E-state index in [4.69, 9.17) is 16.3 Å². The van der Waals surface area contributed by atoms with Gasteiger partial charge >= 0.3 is 0 Å². The lowest BCUT2D eigenvalue weighted by Gasteiger charge is -2.25. The van der Waals surface area contributed by atoms with Gasteiger partial charge in [0, 0.05) is 11.4 Å². The van der Waals surface area contributed by atoms with Gasteiger partial charge in [-0.05, 0) is 37.1 Å². The highest BCUT2D eigenvalue weighted by Crippen LogP contribution is 2.24. The predicted octanol–water partition coefficient (Wildman–Crippen LogP) is 3.09. The molecule has 1 saturated carbocycles. The molecule has 1 unspecified atom stereocenters. The van der Waals surface area contributed by atoms with Crippen LogP contribution in [0, 0.1) is 6.42 Å². The Balaban J connectivity index is 1.98. The summed E-state index contributed by atoms with van der Waals surface area (Å²) in [4.78, 5) is 0. The van der Waals surface area contributed by atoms with E-state index in [-0.39, 0.29) is 0 Å². The molecule has 1 aliphatic rings. The van der Waals surface area contributed by atoms with Crippen LogP contribution >= 0.6 is 11.6 Å². The molecule has 1 aromatic carbocycles. The maximum Gasteiger partial charge on any atom is 0.119 e. The molecule has 0 saturated heterocycles. The smallest absolute Gasteiger partial charge is 0.119 e. The zero-order chi connectivity index (χ0) is 8.39. The van der Waals surface area contributed by atoms with Crippen LogP contribution < -0.4 is 4.74 Å². The second-order valence-corrected chi connectivity index (χ2v) is 3.36. The van der Waals surface area contributed by atoms with Crippen LogP contribution in [0.1, 0.15) is 12.8 Å². The second kappa shape index (κ2) is 3.36. The van der Waals surface area contributed by atoms with Crippen molar-refractivity contribution in [3.63, 3.8) is 0 Å². The van der Waals surface area contributed by atoms with Gasteiger partial charge in [-0.25, -0.2) is 0 Å². The third-order valence-electron chi connectivity index (χ3n) is 1.98. The molecule has 1 fully saturated rings. The molecule has 0 N–H and O–H groups in total. The Morgan fingerprint density at radius 1 is 1.25 bits per heavy atom. The molecule has 1 aromatic rings. The van der Waals surface area contributed by atoms with Crippen LogP contribution in [0.3, 0.4) is 0 Å². The summed E-state index contributed by atoms with van der Waals surface area (Å²) < 4.78 is 5.59. The van der Waals surface area contributed by atoms with Crippen molar-refractivity contribution in [2.45, 2.75) is 18.9 Å². The van der Waals surface area contributed by atoms with Gasteiger partial charge in [0.25, 0.3) is 0 Å². The molecule has 63 valence electrons. The molecule has 2 rings (SSSR count). The lowest BCUT2D eigenvalue weighted by Crippen LogP contribution is -2.25. The molecule has 0 amide bonds. The summed E-state index contributed by atoms with van der Waals surface area (Å²) in [5, 5.41) is 0.750. The average molecular weight is 182 g/mol. The van der Waals surface area contributed by atoms with E-state index in [2.05, 4.69) is 6.42 Å². The van der Waals surface area contributed by atoms with Crippen molar-refractivity contribution in [1.82, 2.24) is 0 Å². The highest BCUT2D eigenvalue weighted by atomic mass is 35.5. The highest BCUT2D eigenvalue weighted by molar-refractivity contribution is 6.30. The van der Waals surface area contributed by atoms with Gasteiger partial charge in [0.2, 0.25) is 0 Å². The minimum Gasteiger partial charge on any atom is -0.490 e. The number of halogens is 1. The fourth-order valence-corrected chi connectivity index (χ4v) is 1.22. The van der Waals surface area contributed by atoms with E-state index >= 15 is 0 Å². The van der Waals surface area contributed by atoms with Crippen molar-refractivity contribution in [1.29, 1.82) is 0 Å². The minimum absolute atomic E-state index is 0.325. The Morgan fingerprint density at radius 2 is 1.92 bits per heavy atom. The third-order valence-corrected chi connectivity index (χ3v) is 2.23. The molecular weight excluding hydrogens is 172 g/mol. The molecule has 1 nitrogen and oxygen atoms in total. The Labute approximate surface area is 77.3 Å². The lowest BCUT2D eigenvalue weighted by atomic mass is 9.96. The van der Waals surface area contributed by atoms with Crippen molar-refractivity contribution in [3.8, 4) is 5.75 Å². The fourth-order valence-electron chi connectivity index (χ4n) is 1.10. The molecule has 2 heteroatoms. The maximum absolute atomic E-state index is 5.73. The summed E-state index contributed by atoms with van der Waals surface area (Å²) >= 11 is 5.73. The van der Waals surface area contributed by atoms with E-state index < -0.39 is 0 Å². The first-order chi connectivity index (χ1) is 5.84. The van der Waals surface area contributed by atoms with E-state index in [1.165, 1.54) is 6.42 Å². The largest absolute Gasteiger partial charge is 0.490 e. The summed E-state index contributed by atoms with van der Waals surface area (Å²) in [5.41, 5.74) is 0. The summed E-state index contributed by atoms with van der Waals surface area (Å²) in [5.74, 6) is 0.903. The van der Waals surface area contributed by atoms with Gasteiger partial charge in [0.15, 0.2) is 0 Å². The summed E-state index contributed by atoms with van der Waals surface area (Å²) in [6.45, 7) is 0. The van der Waals surface area contributed by atoms with E-state index in [1.807, 2.05) is 24.3 Å². The SMILES string of the molecule is Clc1ccc(OC2[CH]CC2)cc1. The van der Waals surface area contributed by atoms with Gasteiger partial charge in [0.05, 0.1) is 0 Å². The van der Waals surface area contributed by atoms with Crippen LogP contribution in [0.5, 0.6) is 5.75 Å². The van der Waals surface area contributed by atoms with E-state index in [1.54, 1.807) is 0 Å². The van der Waals surface area contributed by atoms with E-state index in [0.29, 0.717) is 6.10 Å². The van der Waals surface area contributed by atoms with E-state index in [0.717, 1.165) is 17.2 Å². The molecule has 1 atom stereocenters. The van der Waals surface area contributed by atoms with Crippen molar-refractivity contribution in [2.24, 2.45) is 0 Å². The highest BCUT2D eigenvalue weighted by Gasteiger charge is 2.19. The molecule has 12 heavy (non-hydrogen) atoms. The van der Waals surface area contributed by atoms with Crippen molar-refractivity contribution < 1.29 is 4.74 Å². The molecule has 1 aliphatic carbocycles. The van der Waals surface area contributed by atoms with Gasteiger partial charge < -0.3 is 4.74 Å². The van der Waals surface area contributed by atoms with Gasteiger partial charge in [-0.1, -0.05) is 11.6 Å². The van der Waals surface area contributed by atoms with Crippen LogP contribution in [-0.2, 0) is 0 Å². The van der Waals surface area contributed by atoms with Crippen LogP contribution in [0.25, 0.3) is 0 Å². The van der Waals surface area contributed by atoms with Gasteiger partial charge in [-0.2, -0.15) is 0 Å². The Hall–Kier alpha value is -0.690. The standard InChI is InChI=1S/C10H10ClO/c11-8-4-6-10(7-5-8)12-9-2-1-3-9/h2,4-7,9H,1,3H2. The molecule has 0 aliphatic heterocycles. The minimum atomic E-state index is 0.325. The van der Waals surface area contributed by atoms with E-state index in [9.17, 15) is 0 Å². The lowest BCUT2D eigenvalue weighted by molar-refractivity contribution is 0.177. The molecule has 1 radical (unpaired) electrons. The molecule has 0 bridgehead atoms. The molecule has 0 aromatic heterocycles. The van der Waals surface area contributed by atoms with Crippen molar-refractivity contribution in [3.05, 3.63) is 35.7 Å². The Bertz CT molecular complexity index is 251. The monoisotopic (exact) mass is 181 g/mol. The number of hydrogen-bond acceptors (Lipinski definition) is 1. The number of hydrogen-bond donors (Lipinski definition) is 0.